The third kappa shape index (κ3) is 3.34. The van der Waals surface area contributed by atoms with E-state index in [1.54, 1.807) is 10.8 Å². The molecule has 0 radical (unpaired) electrons. The van der Waals surface area contributed by atoms with Crippen molar-refractivity contribution in [2.24, 2.45) is 0 Å². The Bertz CT molecular complexity index is 1180. The van der Waals surface area contributed by atoms with Crippen molar-refractivity contribution in [2.75, 3.05) is 0 Å². The molecule has 0 saturated carbocycles. The number of amides is 1. The largest absolute Gasteiger partial charge is 0.356 e. The molecule has 4 rings (SSSR count). The summed E-state index contributed by atoms with van der Waals surface area (Å²) < 4.78 is 6.85. The van der Waals surface area contributed by atoms with E-state index in [4.69, 9.17) is 4.52 Å². The number of carbonyl (C=O) groups is 1. The number of nitrogens with zero attached hydrogens (tertiary/aromatic N) is 2. The zero-order chi connectivity index (χ0) is 19.7. The summed E-state index contributed by atoms with van der Waals surface area (Å²) in [4.78, 5) is 27.0. The molecular weight excluding hydrogens is 356 g/mol. The van der Waals surface area contributed by atoms with Crippen molar-refractivity contribution in [3.8, 4) is 5.69 Å². The first-order chi connectivity index (χ1) is 13.5. The molecule has 2 aromatic carbocycles. The quantitative estimate of drug-likeness (QED) is 0.560. The molecular formula is C21H20N4O3. The van der Waals surface area contributed by atoms with Crippen molar-refractivity contribution in [2.45, 2.75) is 26.3 Å². The van der Waals surface area contributed by atoms with Gasteiger partial charge in [0.25, 0.3) is 0 Å². The number of fused-ring (bicyclic) bond motifs is 1. The number of aryl methyl sites for hydroxylation is 1. The Balaban J connectivity index is 1.45. The Hall–Kier alpha value is -3.61. The lowest BCUT2D eigenvalue weighted by Gasteiger charge is -2.15. The summed E-state index contributed by atoms with van der Waals surface area (Å²) in [7, 11) is 0. The lowest BCUT2D eigenvalue weighted by atomic mass is 10.1. The monoisotopic (exact) mass is 376 g/mol. The lowest BCUT2D eigenvalue weighted by molar-refractivity contribution is -0.121. The highest BCUT2D eigenvalue weighted by atomic mass is 16.5. The van der Waals surface area contributed by atoms with Gasteiger partial charge >= 0.3 is 5.69 Å². The molecule has 28 heavy (non-hydrogen) atoms. The molecule has 4 aromatic rings. The molecule has 2 N–H and O–H groups in total. The molecule has 142 valence electrons. The van der Waals surface area contributed by atoms with Crippen LogP contribution < -0.4 is 11.0 Å². The first-order valence-electron chi connectivity index (χ1n) is 9.03. The second kappa shape index (κ2) is 7.19. The van der Waals surface area contributed by atoms with E-state index in [1.165, 1.54) is 0 Å². The van der Waals surface area contributed by atoms with Crippen LogP contribution in [0.3, 0.4) is 0 Å². The number of rotatable bonds is 5. The fourth-order valence-corrected chi connectivity index (χ4v) is 3.28. The van der Waals surface area contributed by atoms with Crippen LogP contribution >= 0.6 is 0 Å². The van der Waals surface area contributed by atoms with Crippen molar-refractivity contribution < 1.29 is 9.32 Å². The summed E-state index contributed by atoms with van der Waals surface area (Å²) in [5.74, 6) is -0.131. The summed E-state index contributed by atoms with van der Waals surface area (Å²) in [6.07, 6.45) is 1.82. The number of carbonyl (C=O) groups excluding carboxylic acids is 1. The van der Waals surface area contributed by atoms with Gasteiger partial charge in [-0.2, -0.15) is 0 Å². The zero-order valence-electron chi connectivity index (χ0n) is 15.6. The van der Waals surface area contributed by atoms with Gasteiger partial charge in [0.2, 0.25) is 5.91 Å². The first kappa shape index (κ1) is 17.8. The molecule has 0 aliphatic heterocycles. The number of hydrogen-bond acceptors (Lipinski definition) is 4. The van der Waals surface area contributed by atoms with Crippen LogP contribution in [0.15, 0.2) is 64.0 Å². The van der Waals surface area contributed by atoms with Gasteiger partial charge in [-0.05, 0) is 43.7 Å². The van der Waals surface area contributed by atoms with Crippen LogP contribution in [0.1, 0.15) is 29.9 Å². The van der Waals surface area contributed by atoms with Crippen LogP contribution in [0.2, 0.25) is 0 Å². The van der Waals surface area contributed by atoms with E-state index in [2.05, 4.69) is 15.5 Å². The molecule has 1 amide bonds. The highest BCUT2D eigenvalue weighted by Gasteiger charge is 2.15. The second-order valence-corrected chi connectivity index (χ2v) is 6.75. The maximum atomic E-state index is 12.4. The number of imidazole rings is 1. The predicted octanol–water partition coefficient (Wildman–Crippen LogP) is 3.04. The molecule has 0 saturated heterocycles. The SMILES string of the molecule is Cc1c[nH]c(=O)n1-c1ccc([C@H](C)NC(=O)Cc2noc3ccccc23)cc1. The second-order valence-electron chi connectivity index (χ2n) is 6.75. The highest BCUT2D eigenvalue weighted by Crippen LogP contribution is 2.19. The number of aromatic amines is 1. The molecule has 0 bridgehead atoms. The summed E-state index contributed by atoms with van der Waals surface area (Å²) in [5.41, 5.74) is 3.68. The van der Waals surface area contributed by atoms with Gasteiger partial charge in [0.1, 0.15) is 5.69 Å². The zero-order valence-corrected chi connectivity index (χ0v) is 15.6. The minimum Gasteiger partial charge on any atom is -0.356 e. The van der Waals surface area contributed by atoms with Crippen LogP contribution in [0.4, 0.5) is 0 Å². The third-order valence-electron chi connectivity index (χ3n) is 4.77. The smallest absolute Gasteiger partial charge is 0.330 e. The van der Waals surface area contributed by atoms with Gasteiger partial charge in [-0.3, -0.25) is 9.36 Å². The molecule has 0 aliphatic rings. The van der Waals surface area contributed by atoms with Crippen molar-refractivity contribution in [3.05, 3.63) is 82.2 Å². The van der Waals surface area contributed by atoms with Crippen LogP contribution in [-0.2, 0) is 11.2 Å². The molecule has 0 unspecified atom stereocenters. The lowest BCUT2D eigenvalue weighted by Crippen LogP contribution is -2.28. The van der Waals surface area contributed by atoms with Crippen molar-refractivity contribution in [1.82, 2.24) is 20.0 Å². The van der Waals surface area contributed by atoms with E-state index >= 15 is 0 Å². The molecule has 2 heterocycles. The summed E-state index contributed by atoms with van der Waals surface area (Å²) >= 11 is 0. The van der Waals surface area contributed by atoms with Crippen molar-refractivity contribution in [1.29, 1.82) is 0 Å². The topological polar surface area (TPSA) is 92.9 Å². The maximum absolute atomic E-state index is 12.4. The molecule has 0 spiro atoms. The van der Waals surface area contributed by atoms with Crippen molar-refractivity contribution >= 4 is 16.9 Å². The molecule has 7 nitrogen and oxygen atoms in total. The summed E-state index contributed by atoms with van der Waals surface area (Å²) in [6, 6.07) is 14.8. The first-order valence-corrected chi connectivity index (χ1v) is 9.03. The molecule has 0 aliphatic carbocycles. The normalized spacial score (nSPS) is 12.2. The molecule has 7 heteroatoms. The maximum Gasteiger partial charge on any atom is 0.330 e. The van der Waals surface area contributed by atoms with Gasteiger partial charge in [0, 0.05) is 17.3 Å². The summed E-state index contributed by atoms with van der Waals surface area (Å²) in [6.45, 7) is 3.78. The standard InChI is InChI=1S/C21H20N4O3/c1-13-12-22-21(27)25(13)16-9-7-15(8-10-16)14(2)23-20(26)11-18-17-5-3-4-6-19(17)28-24-18/h3-10,12,14H,11H2,1-2H3,(H,22,27)(H,23,26)/t14-/m0/s1. The molecule has 2 aromatic heterocycles. The van der Waals surface area contributed by atoms with Gasteiger partial charge in [-0.15, -0.1) is 0 Å². The van der Waals surface area contributed by atoms with Gasteiger partial charge in [0.05, 0.1) is 18.2 Å². The van der Waals surface area contributed by atoms with E-state index in [9.17, 15) is 9.59 Å². The fourth-order valence-electron chi connectivity index (χ4n) is 3.28. The minimum atomic E-state index is -0.177. The van der Waals surface area contributed by atoms with Gasteiger partial charge in [0.15, 0.2) is 5.58 Å². The fraction of sp³-hybridized carbons (Fsp3) is 0.190. The predicted molar refractivity (Wildman–Crippen MR) is 105 cm³/mol. The number of aromatic nitrogens is 3. The molecule has 1 atom stereocenters. The molecule has 0 fully saturated rings. The van der Waals surface area contributed by atoms with E-state index in [0.29, 0.717) is 11.3 Å². The van der Waals surface area contributed by atoms with E-state index in [-0.39, 0.29) is 24.1 Å². The van der Waals surface area contributed by atoms with Crippen LogP contribution in [-0.4, -0.2) is 20.6 Å². The average Bonchev–Trinajstić information content (AvgIpc) is 3.25. The number of benzene rings is 2. The van der Waals surface area contributed by atoms with Crippen LogP contribution in [0, 0.1) is 6.92 Å². The Morgan fingerprint density at radius 1 is 1.21 bits per heavy atom. The van der Waals surface area contributed by atoms with E-state index < -0.39 is 0 Å². The highest BCUT2D eigenvalue weighted by molar-refractivity contribution is 5.86. The van der Waals surface area contributed by atoms with Crippen LogP contribution in [0.25, 0.3) is 16.7 Å². The van der Waals surface area contributed by atoms with Crippen molar-refractivity contribution in [3.63, 3.8) is 0 Å². The number of para-hydroxylation sites is 1. The van der Waals surface area contributed by atoms with E-state index in [1.807, 2.05) is 62.4 Å². The Morgan fingerprint density at radius 2 is 1.96 bits per heavy atom. The third-order valence-corrected chi connectivity index (χ3v) is 4.77. The number of nitrogens with one attached hydrogen (secondary N) is 2. The van der Waals surface area contributed by atoms with Gasteiger partial charge in [-0.25, -0.2) is 4.79 Å². The summed E-state index contributed by atoms with van der Waals surface area (Å²) in [5, 5.41) is 7.83. The van der Waals surface area contributed by atoms with E-state index in [0.717, 1.165) is 22.3 Å². The van der Waals surface area contributed by atoms with Gasteiger partial charge < -0.3 is 14.8 Å². The number of H-pyrrole nitrogens is 1. The minimum absolute atomic E-state index is 0.131. The Morgan fingerprint density at radius 3 is 2.68 bits per heavy atom. The van der Waals surface area contributed by atoms with Gasteiger partial charge in [-0.1, -0.05) is 29.4 Å². The Labute approximate surface area is 161 Å². The van der Waals surface area contributed by atoms with Crippen LogP contribution in [0.5, 0.6) is 0 Å². The Kier molecular flexibility index (Phi) is 4.57. The average molecular weight is 376 g/mol. The number of hydrogen-bond donors (Lipinski definition) is 2.